The van der Waals surface area contributed by atoms with Crippen molar-refractivity contribution in [2.75, 3.05) is 7.05 Å². The molecule has 2 rings (SSSR count). The van der Waals surface area contributed by atoms with Crippen molar-refractivity contribution in [3.05, 3.63) is 29.6 Å². The molecule has 20 heavy (non-hydrogen) atoms. The molecule has 1 heterocycles. The highest BCUT2D eigenvalue weighted by molar-refractivity contribution is 5.91. The second kappa shape index (κ2) is 4.89. The van der Waals surface area contributed by atoms with Crippen LogP contribution >= 0.6 is 0 Å². The molecule has 0 radical (unpaired) electrons. The molecule has 1 saturated carbocycles. The molecule has 0 aliphatic heterocycles. The van der Waals surface area contributed by atoms with Gasteiger partial charge < -0.3 is 10.0 Å². The van der Waals surface area contributed by atoms with Crippen molar-refractivity contribution in [3.8, 4) is 0 Å². The van der Waals surface area contributed by atoms with Gasteiger partial charge in [-0.25, -0.2) is 0 Å². The van der Waals surface area contributed by atoms with Crippen LogP contribution in [-0.2, 0) is 16.1 Å². The van der Waals surface area contributed by atoms with E-state index in [2.05, 4.69) is 4.98 Å². The first-order chi connectivity index (χ1) is 9.25. The summed E-state index contributed by atoms with van der Waals surface area (Å²) in [6.07, 6.45) is 0. The summed E-state index contributed by atoms with van der Waals surface area (Å²) in [7, 11) is 1.69. The number of carboxylic acids is 1. The molecule has 1 aliphatic carbocycles. The van der Waals surface area contributed by atoms with Gasteiger partial charge in [0.2, 0.25) is 5.91 Å². The Labute approximate surface area is 118 Å². The Hall–Kier alpha value is -1.91. The van der Waals surface area contributed by atoms with Crippen LogP contribution in [0.5, 0.6) is 0 Å². The molecule has 0 aromatic carbocycles. The Kier molecular flexibility index (Phi) is 3.54. The van der Waals surface area contributed by atoms with E-state index in [1.807, 2.05) is 39.0 Å². The maximum absolute atomic E-state index is 12.4. The van der Waals surface area contributed by atoms with Gasteiger partial charge in [-0.3, -0.25) is 14.6 Å². The Morgan fingerprint density at radius 2 is 2.00 bits per heavy atom. The zero-order valence-corrected chi connectivity index (χ0v) is 12.3. The summed E-state index contributed by atoms with van der Waals surface area (Å²) in [5, 5.41) is 9.13. The van der Waals surface area contributed by atoms with Crippen LogP contribution in [0.2, 0.25) is 0 Å². The predicted octanol–water partition coefficient (Wildman–Crippen LogP) is 1.71. The van der Waals surface area contributed by atoms with Gasteiger partial charge in [0.25, 0.3) is 0 Å². The highest BCUT2D eigenvalue weighted by Crippen LogP contribution is 2.58. The molecule has 1 N–H and O–H groups in total. The summed E-state index contributed by atoms with van der Waals surface area (Å²) in [5.41, 5.74) is 1.25. The standard InChI is InChI=1S/C15H20N2O3/c1-9-6-5-7-10(16-9)8-17(4)13(18)11-12(14(19)20)15(11,2)3/h5-7,11-12H,8H2,1-4H3,(H,19,20). The summed E-state index contributed by atoms with van der Waals surface area (Å²) in [6, 6.07) is 5.66. The zero-order chi connectivity index (χ0) is 15.1. The van der Waals surface area contributed by atoms with E-state index in [0.717, 1.165) is 11.4 Å². The molecule has 1 aliphatic rings. The summed E-state index contributed by atoms with van der Waals surface area (Å²) in [6.45, 7) is 5.95. The van der Waals surface area contributed by atoms with Gasteiger partial charge in [-0.1, -0.05) is 19.9 Å². The first-order valence-electron chi connectivity index (χ1n) is 6.65. The van der Waals surface area contributed by atoms with E-state index >= 15 is 0 Å². The van der Waals surface area contributed by atoms with Crippen LogP contribution in [0.4, 0.5) is 0 Å². The lowest BCUT2D eigenvalue weighted by molar-refractivity contribution is -0.141. The van der Waals surface area contributed by atoms with Gasteiger partial charge >= 0.3 is 5.97 Å². The molecule has 0 spiro atoms. The first kappa shape index (κ1) is 14.5. The number of aromatic nitrogens is 1. The van der Waals surface area contributed by atoms with Crippen molar-refractivity contribution in [1.82, 2.24) is 9.88 Å². The van der Waals surface area contributed by atoms with E-state index in [4.69, 9.17) is 5.11 Å². The monoisotopic (exact) mass is 276 g/mol. The number of aliphatic carboxylic acids is 1. The van der Waals surface area contributed by atoms with Gasteiger partial charge in [0, 0.05) is 12.7 Å². The van der Waals surface area contributed by atoms with E-state index in [0.29, 0.717) is 6.54 Å². The lowest BCUT2D eigenvalue weighted by atomic mass is 10.1. The minimum atomic E-state index is -0.893. The molecule has 1 aromatic rings. The van der Waals surface area contributed by atoms with E-state index in [1.165, 1.54) is 0 Å². The summed E-state index contributed by atoms with van der Waals surface area (Å²) in [4.78, 5) is 29.4. The second-order valence-electron chi connectivity index (χ2n) is 6.08. The smallest absolute Gasteiger partial charge is 0.307 e. The van der Waals surface area contributed by atoms with E-state index in [1.54, 1.807) is 11.9 Å². The highest BCUT2D eigenvalue weighted by atomic mass is 16.4. The molecule has 1 amide bonds. The van der Waals surface area contributed by atoms with Gasteiger partial charge in [-0.2, -0.15) is 0 Å². The maximum atomic E-state index is 12.4. The van der Waals surface area contributed by atoms with E-state index in [9.17, 15) is 9.59 Å². The molecule has 0 saturated heterocycles. The maximum Gasteiger partial charge on any atom is 0.307 e. The fraction of sp³-hybridized carbons (Fsp3) is 0.533. The first-order valence-corrected chi connectivity index (χ1v) is 6.65. The molecule has 1 aromatic heterocycles. The predicted molar refractivity (Wildman–Crippen MR) is 73.8 cm³/mol. The molecule has 0 bridgehead atoms. The molecular weight excluding hydrogens is 256 g/mol. The number of hydrogen-bond donors (Lipinski definition) is 1. The van der Waals surface area contributed by atoms with Gasteiger partial charge in [0.05, 0.1) is 24.1 Å². The van der Waals surface area contributed by atoms with Crippen LogP contribution < -0.4 is 0 Å². The number of amides is 1. The average molecular weight is 276 g/mol. The molecule has 5 heteroatoms. The lowest BCUT2D eigenvalue weighted by Crippen LogP contribution is -2.30. The number of hydrogen-bond acceptors (Lipinski definition) is 3. The van der Waals surface area contributed by atoms with Crippen molar-refractivity contribution in [1.29, 1.82) is 0 Å². The molecule has 1 fully saturated rings. The molecule has 2 atom stereocenters. The lowest BCUT2D eigenvalue weighted by Gasteiger charge is -2.17. The Balaban J connectivity index is 2.05. The molecule has 108 valence electrons. The fourth-order valence-corrected chi connectivity index (χ4v) is 2.81. The van der Waals surface area contributed by atoms with Crippen LogP contribution in [0, 0.1) is 24.2 Å². The van der Waals surface area contributed by atoms with Crippen LogP contribution in [0.15, 0.2) is 18.2 Å². The van der Waals surface area contributed by atoms with Gasteiger partial charge in [0.15, 0.2) is 0 Å². The number of carbonyl (C=O) groups is 2. The molecular formula is C15H20N2O3. The van der Waals surface area contributed by atoms with Gasteiger partial charge in [-0.05, 0) is 24.5 Å². The topological polar surface area (TPSA) is 70.5 Å². The number of nitrogens with zero attached hydrogens (tertiary/aromatic N) is 2. The number of carboxylic acid groups (broad SMARTS) is 1. The van der Waals surface area contributed by atoms with E-state index in [-0.39, 0.29) is 5.91 Å². The third kappa shape index (κ3) is 2.53. The van der Waals surface area contributed by atoms with Crippen molar-refractivity contribution < 1.29 is 14.7 Å². The van der Waals surface area contributed by atoms with Crippen LogP contribution in [-0.4, -0.2) is 33.9 Å². The molecule has 5 nitrogen and oxygen atoms in total. The Morgan fingerprint density at radius 3 is 2.50 bits per heavy atom. The van der Waals surface area contributed by atoms with Crippen molar-refractivity contribution in [2.45, 2.75) is 27.3 Å². The largest absolute Gasteiger partial charge is 0.481 e. The normalized spacial score (nSPS) is 23.2. The zero-order valence-electron chi connectivity index (χ0n) is 12.3. The molecule has 2 unspecified atom stereocenters. The quantitative estimate of drug-likeness (QED) is 0.908. The average Bonchev–Trinajstić information content (AvgIpc) is 2.91. The van der Waals surface area contributed by atoms with Crippen LogP contribution in [0.25, 0.3) is 0 Å². The van der Waals surface area contributed by atoms with Crippen LogP contribution in [0.1, 0.15) is 25.2 Å². The minimum Gasteiger partial charge on any atom is -0.481 e. The third-order valence-corrected chi connectivity index (χ3v) is 4.08. The number of aryl methyl sites for hydroxylation is 1. The van der Waals surface area contributed by atoms with Crippen LogP contribution in [0.3, 0.4) is 0 Å². The Bertz CT molecular complexity index is 554. The van der Waals surface area contributed by atoms with Crippen molar-refractivity contribution in [3.63, 3.8) is 0 Å². The minimum absolute atomic E-state index is 0.120. The van der Waals surface area contributed by atoms with Crippen molar-refractivity contribution >= 4 is 11.9 Å². The summed E-state index contributed by atoms with van der Waals surface area (Å²) >= 11 is 0. The SMILES string of the molecule is Cc1cccc(CN(C)C(=O)C2C(C(=O)O)C2(C)C)n1. The third-order valence-electron chi connectivity index (χ3n) is 4.08. The number of pyridine rings is 1. The summed E-state index contributed by atoms with van der Waals surface area (Å²) < 4.78 is 0. The van der Waals surface area contributed by atoms with E-state index < -0.39 is 23.2 Å². The second-order valence-corrected chi connectivity index (χ2v) is 6.08. The number of carbonyl (C=O) groups excluding carboxylic acids is 1. The summed E-state index contributed by atoms with van der Waals surface area (Å²) in [5.74, 6) is -2.03. The van der Waals surface area contributed by atoms with Gasteiger partial charge in [-0.15, -0.1) is 0 Å². The fourth-order valence-electron chi connectivity index (χ4n) is 2.81. The number of rotatable bonds is 4. The Morgan fingerprint density at radius 1 is 1.35 bits per heavy atom. The van der Waals surface area contributed by atoms with Crippen molar-refractivity contribution in [2.24, 2.45) is 17.3 Å². The van der Waals surface area contributed by atoms with Gasteiger partial charge in [0.1, 0.15) is 0 Å². The highest BCUT2D eigenvalue weighted by Gasteiger charge is 2.66.